The maximum Gasteiger partial charge on any atom is 0.331 e. The summed E-state index contributed by atoms with van der Waals surface area (Å²) in [6.45, 7) is 2.36. The van der Waals surface area contributed by atoms with E-state index in [4.69, 9.17) is 4.74 Å². The standard InChI is InChI=1S/C23H32O7/c1-20-6-3-16-17(23(20,29)9-5-15(20)13-10-18(25)30-12-13)4-7-21(28)11-14(24)2-8-22(16,21)19(26)27/h10,14-17,24,28-29H,2-9,11-12H2,1H3,(H,26,27)/t14?,15-,16-,17?,20+,21?,22+,23?/m0/s1. The highest BCUT2D eigenvalue weighted by atomic mass is 16.5. The minimum atomic E-state index is -1.44. The molecule has 1 heterocycles. The van der Waals surface area contributed by atoms with Crippen LogP contribution in [0.3, 0.4) is 0 Å². The fourth-order valence-corrected chi connectivity index (χ4v) is 8.49. The zero-order valence-electron chi connectivity index (χ0n) is 17.5. The average Bonchev–Trinajstić information content (AvgIpc) is 3.21. The second kappa shape index (κ2) is 6.30. The van der Waals surface area contributed by atoms with Crippen LogP contribution in [0.4, 0.5) is 0 Å². The first-order chi connectivity index (χ1) is 14.1. The van der Waals surface area contributed by atoms with Crippen molar-refractivity contribution in [3.8, 4) is 0 Å². The Morgan fingerprint density at radius 1 is 1.07 bits per heavy atom. The molecule has 0 bridgehead atoms. The van der Waals surface area contributed by atoms with E-state index in [1.165, 1.54) is 0 Å². The van der Waals surface area contributed by atoms with Crippen LogP contribution in [0.2, 0.25) is 0 Å². The summed E-state index contributed by atoms with van der Waals surface area (Å²) in [5.74, 6) is -1.82. The number of carboxylic acids is 1. The molecule has 4 saturated carbocycles. The smallest absolute Gasteiger partial charge is 0.331 e. The zero-order valence-corrected chi connectivity index (χ0v) is 17.5. The van der Waals surface area contributed by atoms with Gasteiger partial charge in [0.15, 0.2) is 0 Å². The molecule has 0 radical (unpaired) electrons. The predicted octanol–water partition coefficient (Wildman–Crippen LogP) is 1.78. The van der Waals surface area contributed by atoms with Crippen LogP contribution < -0.4 is 0 Å². The molecule has 0 amide bonds. The Morgan fingerprint density at radius 2 is 1.80 bits per heavy atom. The molecule has 0 spiro atoms. The van der Waals surface area contributed by atoms with Gasteiger partial charge in [-0.25, -0.2) is 4.79 Å². The number of carboxylic acid groups (broad SMARTS) is 1. The van der Waals surface area contributed by atoms with Gasteiger partial charge >= 0.3 is 11.9 Å². The van der Waals surface area contributed by atoms with Crippen LogP contribution in [0, 0.1) is 28.6 Å². The van der Waals surface area contributed by atoms with E-state index in [0.717, 1.165) is 12.0 Å². The highest BCUT2D eigenvalue weighted by Gasteiger charge is 2.73. The van der Waals surface area contributed by atoms with Gasteiger partial charge in [0.2, 0.25) is 0 Å². The van der Waals surface area contributed by atoms with E-state index < -0.39 is 34.1 Å². The first kappa shape index (κ1) is 20.5. The molecule has 5 rings (SSSR count). The quantitative estimate of drug-likeness (QED) is 0.502. The van der Waals surface area contributed by atoms with Crippen LogP contribution >= 0.6 is 0 Å². The Morgan fingerprint density at radius 3 is 2.47 bits per heavy atom. The third-order valence-electron chi connectivity index (χ3n) is 9.94. The molecule has 4 aliphatic carbocycles. The first-order valence-corrected chi connectivity index (χ1v) is 11.3. The van der Waals surface area contributed by atoms with Crippen LogP contribution in [0.25, 0.3) is 0 Å². The second-order valence-electron chi connectivity index (χ2n) is 10.8. The summed E-state index contributed by atoms with van der Waals surface area (Å²) in [5, 5.41) is 44.1. The summed E-state index contributed by atoms with van der Waals surface area (Å²) in [4.78, 5) is 24.3. The van der Waals surface area contributed by atoms with Crippen molar-refractivity contribution in [2.75, 3.05) is 6.61 Å². The molecule has 0 aromatic rings. The monoisotopic (exact) mass is 420 g/mol. The normalized spacial score (nSPS) is 52.7. The molecular formula is C23H32O7. The Balaban J connectivity index is 1.54. The van der Waals surface area contributed by atoms with Crippen LogP contribution in [0.15, 0.2) is 11.6 Å². The van der Waals surface area contributed by atoms with Crippen molar-refractivity contribution in [3.05, 3.63) is 11.6 Å². The van der Waals surface area contributed by atoms with E-state index in [0.29, 0.717) is 32.1 Å². The number of hydrogen-bond donors (Lipinski definition) is 4. The second-order valence-corrected chi connectivity index (χ2v) is 10.8. The molecule has 4 unspecified atom stereocenters. The van der Waals surface area contributed by atoms with Crippen LogP contribution in [-0.2, 0) is 14.3 Å². The van der Waals surface area contributed by atoms with E-state index in [9.17, 15) is 30.0 Å². The van der Waals surface area contributed by atoms with Crippen LogP contribution in [0.5, 0.6) is 0 Å². The van der Waals surface area contributed by atoms with Gasteiger partial charge in [0, 0.05) is 17.9 Å². The van der Waals surface area contributed by atoms with Gasteiger partial charge in [-0.3, -0.25) is 4.79 Å². The van der Waals surface area contributed by atoms with Gasteiger partial charge in [-0.15, -0.1) is 0 Å². The lowest BCUT2D eigenvalue weighted by molar-refractivity contribution is -0.260. The predicted molar refractivity (Wildman–Crippen MR) is 105 cm³/mol. The number of fused-ring (bicyclic) bond motifs is 5. The van der Waals surface area contributed by atoms with Gasteiger partial charge in [0.25, 0.3) is 0 Å². The van der Waals surface area contributed by atoms with Gasteiger partial charge in [-0.05, 0) is 74.7 Å². The Labute approximate surface area is 176 Å². The minimum Gasteiger partial charge on any atom is -0.481 e. The molecule has 30 heavy (non-hydrogen) atoms. The van der Waals surface area contributed by atoms with E-state index in [1.807, 2.05) is 0 Å². The molecule has 1 aliphatic heterocycles. The van der Waals surface area contributed by atoms with Crippen LogP contribution in [-0.4, -0.2) is 56.3 Å². The van der Waals surface area contributed by atoms with Crippen molar-refractivity contribution in [1.29, 1.82) is 0 Å². The summed E-state index contributed by atoms with van der Waals surface area (Å²) in [5.41, 5.74) is -3.30. The highest BCUT2D eigenvalue weighted by Crippen LogP contribution is 2.70. The summed E-state index contributed by atoms with van der Waals surface area (Å²) < 4.78 is 5.14. The topological polar surface area (TPSA) is 124 Å². The zero-order chi connectivity index (χ0) is 21.5. The van der Waals surface area contributed by atoms with Crippen molar-refractivity contribution in [1.82, 2.24) is 0 Å². The number of hydrogen-bond acceptors (Lipinski definition) is 6. The molecule has 5 aliphatic rings. The number of aliphatic hydroxyl groups is 3. The van der Waals surface area contributed by atoms with E-state index in [1.54, 1.807) is 6.08 Å². The largest absolute Gasteiger partial charge is 0.481 e. The molecule has 0 aromatic heterocycles. The van der Waals surface area contributed by atoms with Gasteiger partial charge in [-0.2, -0.15) is 0 Å². The van der Waals surface area contributed by atoms with Gasteiger partial charge in [0.1, 0.15) is 6.61 Å². The van der Waals surface area contributed by atoms with Gasteiger partial charge in [-0.1, -0.05) is 6.92 Å². The number of cyclic esters (lactones) is 1. The Kier molecular flexibility index (Phi) is 4.30. The van der Waals surface area contributed by atoms with Crippen molar-refractivity contribution in [2.24, 2.45) is 28.6 Å². The number of ether oxygens (including phenoxy) is 1. The molecular weight excluding hydrogens is 388 g/mol. The van der Waals surface area contributed by atoms with Crippen molar-refractivity contribution in [2.45, 2.75) is 82.0 Å². The number of carbonyl (C=O) groups excluding carboxylic acids is 1. The third-order valence-corrected chi connectivity index (χ3v) is 9.94. The summed E-state index contributed by atoms with van der Waals surface area (Å²) >= 11 is 0. The fraction of sp³-hybridized carbons (Fsp3) is 0.826. The fourth-order valence-electron chi connectivity index (χ4n) is 8.49. The molecule has 166 valence electrons. The lowest BCUT2D eigenvalue weighted by Gasteiger charge is -2.65. The molecule has 7 nitrogen and oxygen atoms in total. The Hall–Kier alpha value is -1.44. The molecule has 0 saturated heterocycles. The van der Waals surface area contributed by atoms with Crippen molar-refractivity contribution >= 4 is 11.9 Å². The van der Waals surface area contributed by atoms with E-state index in [2.05, 4.69) is 6.92 Å². The highest BCUT2D eigenvalue weighted by molar-refractivity contribution is 5.85. The van der Waals surface area contributed by atoms with Gasteiger partial charge in [0.05, 0.1) is 22.7 Å². The number of carbonyl (C=O) groups is 2. The maximum absolute atomic E-state index is 12.7. The lowest BCUT2D eigenvalue weighted by Crippen LogP contribution is -2.70. The number of aliphatic hydroxyl groups excluding tert-OH is 1. The lowest BCUT2D eigenvalue weighted by atomic mass is 9.41. The average molecular weight is 421 g/mol. The summed E-state index contributed by atoms with van der Waals surface area (Å²) in [7, 11) is 0. The maximum atomic E-state index is 12.7. The molecule has 0 aromatic carbocycles. The molecule has 8 atom stereocenters. The molecule has 4 N–H and O–H groups in total. The van der Waals surface area contributed by atoms with E-state index in [-0.39, 0.29) is 49.6 Å². The Bertz CT molecular complexity index is 822. The van der Waals surface area contributed by atoms with Gasteiger partial charge < -0.3 is 25.2 Å². The number of aliphatic carboxylic acids is 1. The van der Waals surface area contributed by atoms with E-state index >= 15 is 0 Å². The molecule has 4 fully saturated rings. The van der Waals surface area contributed by atoms with Crippen LogP contribution in [0.1, 0.15) is 64.7 Å². The third kappa shape index (κ3) is 2.32. The number of esters is 1. The summed E-state index contributed by atoms with van der Waals surface area (Å²) in [6, 6.07) is 0. The number of rotatable bonds is 2. The van der Waals surface area contributed by atoms with Crippen molar-refractivity contribution in [3.63, 3.8) is 0 Å². The minimum absolute atomic E-state index is 0.0460. The molecule has 7 heteroatoms. The SMILES string of the molecule is C[C@]12CC[C@H]3C(CCC4(O)CC(O)CC[C@]34C(=O)O)C1(O)CC[C@H]2C1=CC(=O)OC1. The first-order valence-electron chi connectivity index (χ1n) is 11.3. The summed E-state index contributed by atoms with van der Waals surface area (Å²) in [6.07, 6.45) is 5.00. The van der Waals surface area contributed by atoms with Crippen molar-refractivity contribution < 1.29 is 34.8 Å².